The van der Waals surface area contributed by atoms with E-state index in [4.69, 9.17) is 9.40 Å². The van der Waals surface area contributed by atoms with Gasteiger partial charge in [0.05, 0.1) is 17.5 Å². The number of piperazine rings is 1. The second kappa shape index (κ2) is 8.24. The Bertz CT molecular complexity index is 1440. The number of aromatic hydroxyl groups is 1. The molecule has 0 atom stereocenters. The van der Waals surface area contributed by atoms with E-state index < -0.39 is 5.63 Å². The van der Waals surface area contributed by atoms with Gasteiger partial charge in [0.2, 0.25) is 5.91 Å². The lowest BCUT2D eigenvalue weighted by Gasteiger charge is -2.35. The van der Waals surface area contributed by atoms with Crippen LogP contribution in [0.5, 0.6) is 5.75 Å². The average molecular weight is 444 g/mol. The van der Waals surface area contributed by atoms with E-state index in [1.807, 2.05) is 25.1 Å². The summed E-state index contributed by atoms with van der Waals surface area (Å²) in [5.74, 6) is 0.862. The number of aromatic nitrogens is 1. The summed E-state index contributed by atoms with van der Waals surface area (Å²) in [6, 6.07) is 14.9. The first-order valence-electron chi connectivity index (χ1n) is 11.0. The van der Waals surface area contributed by atoms with Gasteiger partial charge in [0.15, 0.2) is 0 Å². The molecule has 5 rings (SSSR count). The van der Waals surface area contributed by atoms with Crippen LogP contribution in [0.15, 0.2) is 57.7 Å². The largest absolute Gasteiger partial charge is 0.508 e. The highest BCUT2D eigenvalue weighted by Gasteiger charge is 2.24. The average Bonchev–Trinajstić information content (AvgIpc) is 2.81. The van der Waals surface area contributed by atoms with Crippen molar-refractivity contribution < 1.29 is 14.3 Å². The molecule has 2 aromatic carbocycles. The Balaban J connectivity index is 1.31. The molecule has 0 spiro atoms. The molecule has 0 saturated carbocycles. The molecule has 0 radical (unpaired) electrons. The Hall–Kier alpha value is -3.87. The minimum absolute atomic E-state index is 0.00167. The molecule has 1 aliphatic rings. The topological polar surface area (TPSA) is 86.9 Å². The molecule has 4 aromatic rings. The molecule has 1 fully saturated rings. The number of phenols is 1. The fourth-order valence-corrected chi connectivity index (χ4v) is 4.53. The Morgan fingerprint density at radius 3 is 2.58 bits per heavy atom. The SMILES string of the molecule is Cc1cc(N2CCN(C(=O)Cc3c(C)c4ccc(O)cc4oc3=O)CC2)nc2ccccc12. The van der Waals surface area contributed by atoms with Crippen molar-refractivity contribution in [2.24, 2.45) is 0 Å². The maximum Gasteiger partial charge on any atom is 0.340 e. The van der Waals surface area contributed by atoms with Crippen LogP contribution in [0.1, 0.15) is 16.7 Å². The molecule has 1 saturated heterocycles. The number of para-hydroxylation sites is 1. The van der Waals surface area contributed by atoms with Gasteiger partial charge >= 0.3 is 5.63 Å². The van der Waals surface area contributed by atoms with Crippen LogP contribution >= 0.6 is 0 Å². The highest BCUT2D eigenvalue weighted by atomic mass is 16.4. The molecule has 3 heterocycles. The standard InChI is InChI=1S/C26H25N3O4/c1-16-13-24(27-22-6-4-3-5-19(16)22)28-9-11-29(12-10-28)25(31)15-21-17(2)20-8-7-18(30)14-23(20)33-26(21)32/h3-8,13-14,30H,9-12,15H2,1-2H3. The number of nitrogens with zero attached hydrogens (tertiary/aromatic N) is 3. The van der Waals surface area contributed by atoms with Gasteiger partial charge in [-0.25, -0.2) is 9.78 Å². The molecular weight excluding hydrogens is 418 g/mol. The molecule has 0 unspecified atom stereocenters. The third-order valence-electron chi connectivity index (χ3n) is 6.46. The van der Waals surface area contributed by atoms with E-state index in [-0.39, 0.29) is 18.1 Å². The van der Waals surface area contributed by atoms with Crippen LogP contribution in [0.2, 0.25) is 0 Å². The summed E-state index contributed by atoms with van der Waals surface area (Å²) in [5, 5.41) is 11.5. The number of anilines is 1. The Kier molecular flexibility index (Phi) is 5.24. The van der Waals surface area contributed by atoms with Crippen LogP contribution in [0.4, 0.5) is 5.82 Å². The van der Waals surface area contributed by atoms with Crippen molar-refractivity contribution in [3.05, 3.63) is 75.6 Å². The van der Waals surface area contributed by atoms with Crippen molar-refractivity contribution in [3.8, 4) is 5.75 Å². The van der Waals surface area contributed by atoms with E-state index >= 15 is 0 Å². The van der Waals surface area contributed by atoms with Gasteiger partial charge in [-0.05, 0) is 49.2 Å². The highest BCUT2D eigenvalue weighted by Crippen LogP contribution is 2.25. The van der Waals surface area contributed by atoms with E-state index in [0.29, 0.717) is 42.9 Å². The van der Waals surface area contributed by atoms with Gasteiger partial charge in [-0.15, -0.1) is 0 Å². The highest BCUT2D eigenvalue weighted by molar-refractivity contribution is 5.86. The maximum absolute atomic E-state index is 13.0. The monoisotopic (exact) mass is 443 g/mol. The number of carbonyl (C=O) groups excluding carboxylic acids is 1. The fraction of sp³-hybridized carbons (Fsp3) is 0.269. The van der Waals surface area contributed by atoms with Gasteiger partial charge in [-0.3, -0.25) is 4.79 Å². The van der Waals surface area contributed by atoms with Gasteiger partial charge in [0.1, 0.15) is 17.2 Å². The number of pyridine rings is 1. The zero-order chi connectivity index (χ0) is 23.1. The smallest absolute Gasteiger partial charge is 0.340 e. The second-order valence-corrected chi connectivity index (χ2v) is 8.53. The van der Waals surface area contributed by atoms with E-state index in [0.717, 1.165) is 22.1 Å². The van der Waals surface area contributed by atoms with Crippen LogP contribution in [-0.4, -0.2) is 47.1 Å². The normalized spacial score (nSPS) is 14.2. The molecule has 7 nitrogen and oxygen atoms in total. The van der Waals surface area contributed by atoms with Crippen LogP contribution in [-0.2, 0) is 11.2 Å². The minimum atomic E-state index is -0.534. The van der Waals surface area contributed by atoms with Crippen molar-refractivity contribution in [2.45, 2.75) is 20.3 Å². The van der Waals surface area contributed by atoms with Crippen LogP contribution in [0.25, 0.3) is 21.9 Å². The predicted molar refractivity (Wildman–Crippen MR) is 128 cm³/mol. The lowest BCUT2D eigenvalue weighted by molar-refractivity contribution is -0.130. The van der Waals surface area contributed by atoms with Gasteiger partial charge in [0.25, 0.3) is 0 Å². The summed E-state index contributed by atoms with van der Waals surface area (Å²) < 4.78 is 5.36. The molecule has 0 aliphatic carbocycles. The number of hydrogen-bond donors (Lipinski definition) is 1. The zero-order valence-corrected chi connectivity index (χ0v) is 18.7. The van der Waals surface area contributed by atoms with Crippen molar-refractivity contribution in [1.82, 2.24) is 9.88 Å². The Morgan fingerprint density at radius 2 is 1.79 bits per heavy atom. The van der Waals surface area contributed by atoms with E-state index in [1.165, 1.54) is 11.6 Å². The molecule has 0 bridgehead atoms. The number of fused-ring (bicyclic) bond motifs is 2. The number of hydrogen-bond acceptors (Lipinski definition) is 6. The summed E-state index contributed by atoms with van der Waals surface area (Å²) in [6.07, 6.45) is -0.00167. The van der Waals surface area contributed by atoms with Gasteiger partial charge in [-0.1, -0.05) is 18.2 Å². The molecule has 1 N–H and O–H groups in total. The number of rotatable bonds is 3. The first-order chi connectivity index (χ1) is 15.9. The molecule has 7 heteroatoms. The van der Waals surface area contributed by atoms with Crippen LogP contribution in [0, 0.1) is 13.8 Å². The first kappa shape index (κ1) is 21.0. The third-order valence-corrected chi connectivity index (χ3v) is 6.46. The van der Waals surface area contributed by atoms with Gasteiger partial charge in [-0.2, -0.15) is 0 Å². The predicted octanol–water partition coefficient (Wildman–Crippen LogP) is 3.55. The van der Waals surface area contributed by atoms with Gasteiger partial charge < -0.3 is 19.3 Å². The first-order valence-corrected chi connectivity index (χ1v) is 11.0. The number of phenolic OH excluding ortho intramolecular Hbond substituents is 1. The fourth-order valence-electron chi connectivity index (χ4n) is 4.53. The quantitative estimate of drug-likeness (QED) is 0.487. The lowest BCUT2D eigenvalue weighted by atomic mass is 10.0. The molecule has 168 valence electrons. The van der Waals surface area contributed by atoms with Crippen LogP contribution in [0.3, 0.4) is 0 Å². The van der Waals surface area contributed by atoms with Gasteiger partial charge in [0, 0.05) is 43.0 Å². The minimum Gasteiger partial charge on any atom is -0.508 e. The van der Waals surface area contributed by atoms with E-state index in [9.17, 15) is 14.7 Å². The van der Waals surface area contributed by atoms with Crippen molar-refractivity contribution >= 4 is 33.6 Å². The molecular formula is C26H25N3O4. The summed E-state index contributed by atoms with van der Waals surface area (Å²) in [5.41, 5.74) is 3.02. The summed E-state index contributed by atoms with van der Waals surface area (Å²) in [4.78, 5) is 34.3. The molecule has 2 aromatic heterocycles. The van der Waals surface area contributed by atoms with Crippen molar-refractivity contribution in [1.29, 1.82) is 0 Å². The number of benzene rings is 2. The summed E-state index contributed by atoms with van der Waals surface area (Å²) in [6.45, 7) is 6.40. The Morgan fingerprint density at radius 1 is 1.03 bits per heavy atom. The molecule has 33 heavy (non-hydrogen) atoms. The third kappa shape index (κ3) is 3.91. The van der Waals surface area contributed by atoms with Crippen LogP contribution < -0.4 is 10.5 Å². The van der Waals surface area contributed by atoms with Crippen molar-refractivity contribution in [3.63, 3.8) is 0 Å². The Labute approximate surface area is 190 Å². The number of aryl methyl sites for hydroxylation is 2. The van der Waals surface area contributed by atoms with E-state index in [2.05, 4.69) is 24.0 Å². The molecule has 1 amide bonds. The maximum atomic E-state index is 13.0. The lowest BCUT2D eigenvalue weighted by Crippen LogP contribution is -2.49. The number of carbonyl (C=O) groups is 1. The summed E-state index contributed by atoms with van der Waals surface area (Å²) in [7, 11) is 0. The number of amides is 1. The van der Waals surface area contributed by atoms with Crippen molar-refractivity contribution in [2.75, 3.05) is 31.1 Å². The molecule has 1 aliphatic heterocycles. The summed E-state index contributed by atoms with van der Waals surface area (Å²) >= 11 is 0. The second-order valence-electron chi connectivity index (χ2n) is 8.53. The zero-order valence-electron chi connectivity index (χ0n) is 18.7. The van der Waals surface area contributed by atoms with E-state index in [1.54, 1.807) is 17.0 Å².